The number of carbonyl (C=O) groups excluding carboxylic acids is 1. The van der Waals surface area contributed by atoms with Gasteiger partial charge in [-0.2, -0.15) is 23.3 Å². The SMILES string of the molecule is CN1[C@@H]2CC[C@H]1[C@H](F)[C@H](Nc1cccc3c(CC(F)(F)F)c(-c4noc(CNC(=O)c5cnn(CCO)c5)n4)sc13)C2. The summed E-state index contributed by atoms with van der Waals surface area (Å²) in [4.78, 5) is 19.0. The molecule has 0 unspecified atom stereocenters. The van der Waals surface area contributed by atoms with E-state index in [0.717, 1.165) is 24.2 Å². The molecular formula is C27H29F4N7O3S. The van der Waals surface area contributed by atoms with E-state index in [1.807, 2.05) is 7.05 Å². The lowest BCUT2D eigenvalue weighted by Gasteiger charge is -2.39. The second-order valence-electron chi connectivity index (χ2n) is 10.7. The largest absolute Gasteiger partial charge is 0.394 e. The summed E-state index contributed by atoms with van der Waals surface area (Å²) in [5.41, 5.74) is 0.842. The minimum Gasteiger partial charge on any atom is -0.394 e. The van der Waals surface area contributed by atoms with Gasteiger partial charge in [-0.25, -0.2) is 4.39 Å². The summed E-state index contributed by atoms with van der Waals surface area (Å²) >= 11 is 1.09. The molecule has 2 aliphatic heterocycles. The molecule has 0 spiro atoms. The number of nitrogens with one attached hydrogen (secondary N) is 2. The number of aromatic nitrogens is 4. The number of alkyl halides is 4. The number of halogens is 4. The lowest BCUT2D eigenvalue weighted by molar-refractivity contribution is -0.126. The van der Waals surface area contributed by atoms with E-state index in [1.165, 1.54) is 17.1 Å². The number of piperidine rings is 1. The molecule has 0 saturated carbocycles. The van der Waals surface area contributed by atoms with Gasteiger partial charge in [-0.15, -0.1) is 11.3 Å². The summed E-state index contributed by atoms with van der Waals surface area (Å²) in [5, 5.41) is 23.2. The van der Waals surface area contributed by atoms with Crippen molar-refractivity contribution >= 4 is 33.0 Å². The van der Waals surface area contributed by atoms with Gasteiger partial charge in [0.2, 0.25) is 11.7 Å². The lowest BCUT2D eigenvalue weighted by atomic mass is 9.95. The smallest absolute Gasteiger partial charge is 0.393 e. The molecule has 3 aromatic heterocycles. The van der Waals surface area contributed by atoms with Crippen LogP contribution in [0.15, 0.2) is 35.1 Å². The normalized spacial score (nSPS) is 22.6. The number of aliphatic hydroxyl groups excluding tert-OH is 1. The molecule has 0 aliphatic carbocycles. The predicted molar refractivity (Wildman–Crippen MR) is 147 cm³/mol. The van der Waals surface area contributed by atoms with Gasteiger partial charge in [0.1, 0.15) is 6.17 Å². The summed E-state index contributed by atoms with van der Waals surface area (Å²) in [6.45, 7) is -0.0470. The highest BCUT2D eigenvalue weighted by atomic mass is 32.1. The van der Waals surface area contributed by atoms with Crippen molar-refractivity contribution in [2.75, 3.05) is 19.0 Å². The minimum atomic E-state index is -4.50. The van der Waals surface area contributed by atoms with E-state index in [-0.39, 0.29) is 59.5 Å². The highest BCUT2D eigenvalue weighted by Crippen LogP contribution is 2.44. The molecule has 42 heavy (non-hydrogen) atoms. The Balaban J connectivity index is 1.26. The Morgan fingerprint density at radius 3 is 2.90 bits per heavy atom. The van der Waals surface area contributed by atoms with Crippen LogP contribution in [0.5, 0.6) is 0 Å². The Hall–Kier alpha value is -3.56. The van der Waals surface area contributed by atoms with Crippen LogP contribution in [0.2, 0.25) is 0 Å². The van der Waals surface area contributed by atoms with E-state index in [4.69, 9.17) is 9.63 Å². The van der Waals surface area contributed by atoms with E-state index in [0.29, 0.717) is 22.2 Å². The van der Waals surface area contributed by atoms with Crippen LogP contribution in [-0.2, 0) is 19.5 Å². The fourth-order valence-electron chi connectivity index (χ4n) is 5.96. The molecule has 2 saturated heterocycles. The number of carbonyl (C=O) groups is 1. The monoisotopic (exact) mass is 607 g/mol. The predicted octanol–water partition coefficient (Wildman–Crippen LogP) is 4.16. The molecule has 6 rings (SSSR count). The summed E-state index contributed by atoms with van der Waals surface area (Å²) in [6, 6.07) is 4.69. The Morgan fingerprint density at radius 2 is 2.12 bits per heavy atom. The van der Waals surface area contributed by atoms with Crippen molar-refractivity contribution in [3.63, 3.8) is 0 Å². The second kappa shape index (κ2) is 11.3. The van der Waals surface area contributed by atoms with Crippen LogP contribution < -0.4 is 10.6 Å². The molecule has 1 amide bonds. The number of nitrogens with zero attached hydrogens (tertiary/aromatic N) is 5. The van der Waals surface area contributed by atoms with E-state index in [1.54, 1.807) is 18.2 Å². The second-order valence-corrected chi connectivity index (χ2v) is 11.7. The van der Waals surface area contributed by atoms with Gasteiger partial charge in [-0.05, 0) is 43.3 Å². The van der Waals surface area contributed by atoms with Crippen molar-refractivity contribution in [3.8, 4) is 10.7 Å². The maximum Gasteiger partial charge on any atom is 0.393 e. The Labute approximate surface area is 241 Å². The third-order valence-corrected chi connectivity index (χ3v) is 9.28. The number of aliphatic hydroxyl groups is 1. The summed E-state index contributed by atoms with van der Waals surface area (Å²) in [5.74, 6) is -0.484. The zero-order valence-corrected chi connectivity index (χ0v) is 23.4. The van der Waals surface area contributed by atoms with Crippen molar-refractivity contribution in [2.24, 2.45) is 0 Å². The quantitative estimate of drug-likeness (QED) is 0.243. The Kier molecular flexibility index (Phi) is 7.66. The van der Waals surface area contributed by atoms with Crippen LogP contribution in [0, 0.1) is 0 Å². The molecule has 10 nitrogen and oxygen atoms in total. The highest BCUT2D eigenvalue weighted by molar-refractivity contribution is 7.23. The molecule has 15 heteroatoms. The molecule has 2 aliphatic rings. The molecule has 2 fully saturated rings. The third kappa shape index (κ3) is 5.60. The molecule has 4 aromatic rings. The number of hydrogen-bond acceptors (Lipinski definition) is 9. The molecule has 224 valence electrons. The maximum absolute atomic E-state index is 15.4. The van der Waals surface area contributed by atoms with Crippen molar-refractivity contribution < 1.29 is 32.0 Å². The number of fused-ring (bicyclic) bond motifs is 3. The first kappa shape index (κ1) is 28.6. The summed E-state index contributed by atoms with van der Waals surface area (Å²) in [6.07, 6.45) is -1.65. The van der Waals surface area contributed by atoms with Gasteiger partial charge in [0, 0.05) is 18.3 Å². The molecule has 5 heterocycles. The molecule has 4 atom stereocenters. The Morgan fingerprint density at radius 1 is 1.29 bits per heavy atom. The topological polar surface area (TPSA) is 121 Å². The molecule has 2 bridgehead atoms. The van der Waals surface area contributed by atoms with Crippen LogP contribution >= 0.6 is 11.3 Å². The highest BCUT2D eigenvalue weighted by Gasteiger charge is 2.46. The standard InChI is InChI=1S/C27H29F4N7O3S/c1-37-15-5-6-20(37)22(28)19(9-15)34-18-4-2-3-16-17(10-27(29,30)31)24(42-23(16)18)25-35-21(41-36-25)12-32-26(40)14-11-33-38(13-14)7-8-39/h2-4,11,13,15,19-20,22,34,39H,5-10,12H2,1H3,(H,32,40)/t15-,19-,20+,22-/m1/s1. The van der Waals surface area contributed by atoms with Gasteiger partial charge in [0.25, 0.3) is 5.91 Å². The number of thiophene rings is 1. The van der Waals surface area contributed by atoms with Crippen molar-refractivity contribution in [1.82, 2.24) is 30.1 Å². The first-order valence-corrected chi connectivity index (χ1v) is 14.4. The van der Waals surface area contributed by atoms with Crippen LogP contribution in [0.1, 0.15) is 41.1 Å². The molecule has 1 aromatic carbocycles. The molecule has 3 N–H and O–H groups in total. The number of amides is 1. The van der Waals surface area contributed by atoms with Crippen molar-refractivity contribution in [2.45, 2.75) is 69.2 Å². The minimum absolute atomic E-state index is 0.0111. The van der Waals surface area contributed by atoms with E-state index in [2.05, 4.69) is 30.8 Å². The molecule has 0 radical (unpaired) electrons. The van der Waals surface area contributed by atoms with Crippen LogP contribution in [0.4, 0.5) is 23.2 Å². The Bertz CT molecular complexity index is 1590. The van der Waals surface area contributed by atoms with Crippen LogP contribution in [-0.4, -0.2) is 80.0 Å². The van der Waals surface area contributed by atoms with E-state index < -0.39 is 30.7 Å². The van der Waals surface area contributed by atoms with E-state index in [9.17, 15) is 18.0 Å². The van der Waals surface area contributed by atoms with Gasteiger partial charge >= 0.3 is 6.18 Å². The maximum atomic E-state index is 15.4. The number of benzene rings is 1. The zero-order chi connectivity index (χ0) is 29.6. The van der Waals surface area contributed by atoms with Gasteiger partial charge in [0.15, 0.2) is 0 Å². The van der Waals surface area contributed by atoms with Crippen molar-refractivity contribution in [1.29, 1.82) is 0 Å². The van der Waals surface area contributed by atoms with Gasteiger partial charge in [0.05, 0.1) is 59.2 Å². The number of hydrogen-bond donors (Lipinski definition) is 3. The average Bonchev–Trinajstić information content (AvgIpc) is 3.72. The van der Waals surface area contributed by atoms with Gasteiger partial charge in [-0.3, -0.25) is 14.4 Å². The average molecular weight is 608 g/mol. The van der Waals surface area contributed by atoms with Crippen LogP contribution in [0.3, 0.4) is 0 Å². The van der Waals surface area contributed by atoms with Gasteiger partial charge in [-0.1, -0.05) is 17.3 Å². The number of anilines is 1. The lowest BCUT2D eigenvalue weighted by Crippen LogP contribution is -2.53. The van der Waals surface area contributed by atoms with E-state index >= 15 is 4.39 Å². The van der Waals surface area contributed by atoms with Crippen LogP contribution in [0.25, 0.3) is 20.8 Å². The summed E-state index contributed by atoms with van der Waals surface area (Å²) in [7, 11) is 1.94. The zero-order valence-electron chi connectivity index (χ0n) is 22.6. The molecular weight excluding hydrogens is 578 g/mol. The fourth-order valence-corrected chi connectivity index (χ4v) is 7.18. The fraction of sp³-hybridized carbons (Fsp3) is 0.481. The third-order valence-electron chi connectivity index (χ3n) is 8.01. The van der Waals surface area contributed by atoms with Crippen molar-refractivity contribution in [3.05, 3.63) is 47.6 Å². The number of rotatable bonds is 9. The first-order chi connectivity index (χ1) is 20.1. The first-order valence-electron chi connectivity index (χ1n) is 13.6. The van der Waals surface area contributed by atoms with Gasteiger partial charge < -0.3 is 20.3 Å². The summed E-state index contributed by atoms with van der Waals surface area (Å²) < 4.78 is 63.8.